The molecule has 0 radical (unpaired) electrons. The fourth-order valence-corrected chi connectivity index (χ4v) is 3.52. The van der Waals surface area contributed by atoms with Gasteiger partial charge in [-0.05, 0) is 49.9 Å². The average molecular weight is 377 g/mol. The number of rotatable bonds is 5. The molecule has 6 nitrogen and oxygen atoms in total. The highest BCUT2D eigenvalue weighted by Gasteiger charge is 2.22. The van der Waals surface area contributed by atoms with E-state index in [1.54, 1.807) is 7.05 Å². The van der Waals surface area contributed by atoms with Crippen LogP contribution in [0.1, 0.15) is 29.7 Å². The van der Waals surface area contributed by atoms with Crippen molar-refractivity contribution in [2.24, 2.45) is 4.99 Å². The number of nitriles is 1. The summed E-state index contributed by atoms with van der Waals surface area (Å²) in [6.07, 6.45) is 5.01. The molecule has 3 rings (SSSR count). The van der Waals surface area contributed by atoms with Crippen LogP contribution in [0.25, 0.3) is 0 Å². The maximum Gasteiger partial charge on any atom is 0.191 e. The Labute approximate surface area is 167 Å². The number of benzene rings is 1. The molecule has 2 heterocycles. The maximum absolute atomic E-state index is 9.38. The number of pyridine rings is 1. The molecule has 0 bridgehead atoms. The Kier molecular flexibility index (Phi) is 6.85. The summed E-state index contributed by atoms with van der Waals surface area (Å²) in [5.74, 6) is 0.820. The number of hydrogen-bond donors (Lipinski definition) is 2. The van der Waals surface area contributed by atoms with E-state index >= 15 is 0 Å². The van der Waals surface area contributed by atoms with Gasteiger partial charge in [0.15, 0.2) is 5.96 Å². The number of hydrogen-bond acceptors (Lipinski definition) is 4. The van der Waals surface area contributed by atoms with Gasteiger partial charge in [0.05, 0.1) is 11.3 Å². The van der Waals surface area contributed by atoms with Crippen molar-refractivity contribution < 1.29 is 0 Å². The van der Waals surface area contributed by atoms with Crippen molar-refractivity contribution >= 4 is 11.6 Å². The second-order valence-electron chi connectivity index (χ2n) is 7.12. The predicted molar refractivity (Wildman–Crippen MR) is 114 cm³/mol. The summed E-state index contributed by atoms with van der Waals surface area (Å²) in [4.78, 5) is 11.0. The third kappa shape index (κ3) is 5.23. The summed E-state index contributed by atoms with van der Waals surface area (Å²) in [6.45, 7) is 4.64. The topological polar surface area (TPSA) is 76.3 Å². The summed E-state index contributed by atoms with van der Waals surface area (Å²) in [5, 5.41) is 16.3. The highest BCUT2D eigenvalue weighted by atomic mass is 15.2. The first kappa shape index (κ1) is 19.7. The molecule has 1 aliphatic heterocycles. The zero-order chi connectivity index (χ0) is 19.8. The second kappa shape index (κ2) is 9.75. The first-order valence-corrected chi connectivity index (χ1v) is 9.82. The van der Waals surface area contributed by atoms with Crippen molar-refractivity contribution in [2.75, 3.05) is 31.6 Å². The van der Waals surface area contributed by atoms with Gasteiger partial charge in [-0.25, -0.2) is 0 Å². The van der Waals surface area contributed by atoms with Gasteiger partial charge < -0.3 is 15.5 Å². The Morgan fingerprint density at radius 3 is 2.93 bits per heavy atom. The maximum atomic E-state index is 9.38. The number of aromatic nitrogens is 1. The SMILES string of the molecule is CN=C(NCCc1ccc(C)nc1)NC1CCCN(c2ccccc2C#N)C1. The molecule has 1 aromatic heterocycles. The Bertz CT molecular complexity index is 837. The lowest BCUT2D eigenvalue weighted by atomic mass is 10.0. The lowest BCUT2D eigenvalue weighted by Gasteiger charge is -2.35. The van der Waals surface area contributed by atoms with Gasteiger partial charge in [0, 0.05) is 44.6 Å². The quantitative estimate of drug-likeness (QED) is 0.620. The summed E-state index contributed by atoms with van der Waals surface area (Å²) in [7, 11) is 1.80. The number of nitrogens with zero attached hydrogens (tertiary/aromatic N) is 4. The number of aliphatic imine (C=N–C) groups is 1. The molecular formula is C22H28N6. The third-order valence-electron chi connectivity index (χ3n) is 5.03. The van der Waals surface area contributed by atoms with Crippen LogP contribution in [0.2, 0.25) is 0 Å². The minimum Gasteiger partial charge on any atom is -0.368 e. The first-order valence-electron chi connectivity index (χ1n) is 9.82. The van der Waals surface area contributed by atoms with Crippen LogP contribution in [0.15, 0.2) is 47.6 Å². The Hall–Kier alpha value is -3.07. The number of para-hydroxylation sites is 1. The van der Waals surface area contributed by atoms with Crippen LogP contribution in [0.5, 0.6) is 0 Å². The zero-order valence-corrected chi connectivity index (χ0v) is 16.7. The van der Waals surface area contributed by atoms with Crippen molar-refractivity contribution in [3.8, 4) is 6.07 Å². The van der Waals surface area contributed by atoms with E-state index in [1.807, 2.05) is 43.5 Å². The summed E-state index contributed by atoms with van der Waals surface area (Å²) >= 11 is 0. The van der Waals surface area contributed by atoms with Crippen LogP contribution in [-0.2, 0) is 6.42 Å². The number of nitrogens with one attached hydrogen (secondary N) is 2. The smallest absolute Gasteiger partial charge is 0.191 e. The van der Waals surface area contributed by atoms with E-state index in [0.29, 0.717) is 6.04 Å². The molecule has 0 spiro atoms. The highest BCUT2D eigenvalue weighted by Crippen LogP contribution is 2.23. The van der Waals surface area contributed by atoms with Gasteiger partial charge in [-0.1, -0.05) is 18.2 Å². The lowest BCUT2D eigenvalue weighted by Crippen LogP contribution is -2.51. The number of aryl methyl sites for hydroxylation is 1. The molecule has 1 aliphatic rings. The van der Waals surface area contributed by atoms with E-state index in [0.717, 1.165) is 61.8 Å². The summed E-state index contributed by atoms with van der Waals surface area (Å²) < 4.78 is 0. The van der Waals surface area contributed by atoms with Crippen LogP contribution >= 0.6 is 0 Å². The Morgan fingerprint density at radius 2 is 2.18 bits per heavy atom. The summed E-state index contributed by atoms with van der Waals surface area (Å²) in [6, 6.07) is 14.6. The fourth-order valence-electron chi connectivity index (χ4n) is 3.52. The molecule has 1 atom stereocenters. The molecule has 2 N–H and O–H groups in total. The molecule has 1 unspecified atom stereocenters. The van der Waals surface area contributed by atoms with Gasteiger partial charge in [-0.15, -0.1) is 0 Å². The van der Waals surface area contributed by atoms with E-state index in [9.17, 15) is 5.26 Å². The normalized spacial score (nSPS) is 17.1. The molecule has 0 amide bonds. The first-order chi connectivity index (χ1) is 13.7. The molecule has 2 aromatic rings. The van der Waals surface area contributed by atoms with Gasteiger partial charge in [0.2, 0.25) is 0 Å². The van der Waals surface area contributed by atoms with Gasteiger partial charge in [-0.3, -0.25) is 9.98 Å². The molecule has 28 heavy (non-hydrogen) atoms. The molecule has 0 aliphatic carbocycles. The predicted octanol–water partition coefficient (Wildman–Crippen LogP) is 2.64. The van der Waals surface area contributed by atoms with Crippen molar-refractivity contribution in [1.82, 2.24) is 15.6 Å². The molecule has 6 heteroatoms. The van der Waals surface area contributed by atoms with E-state index < -0.39 is 0 Å². The van der Waals surface area contributed by atoms with E-state index in [1.165, 1.54) is 5.56 Å². The van der Waals surface area contributed by atoms with Crippen LogP contribution in [0.4, 0.5) is 5.69 Å². The van der Waals surface area contributed by atoms with Crippen molar-refractivity contribution in [2.45, 2.75) is 32.2 Å². The lowest BCUT2D eigenvalue weighted by molar-refractivity contribution is 0.468. The molecule has 146 valence electrons. The van der Waals surface area contributed by atoms with Crippen LogP contribution in [0.3, 0.4) is 0 Å². The molecule has 1 aromatic carbocycles. The van der Waals surface area contributed by atoms with Crippen LogP contribution in [0, 0.1) is 18.3 Å². The van der Waals surface area contributed by atoms with E-state index in [2.05, 4.69) is 37.6 Å². The minimum atomic E-state index is 0.299. The number of anilines is 1. The monoisotopic (exact) mass is 376 g/mol. The second-order valence-corrected chi connectivity index (χ2v) is 7.12. The molecule has 1 fully saturated rings. The van der Waals surface area contributed by atoms with Crippen molar-refractivity contribution in [3.63, 3.8) is 0 Å². The van der Waals surface area contributed by atoms with Gasteiger partial charge in [0.1, 0.15) is 6.07 Å². The number of guanidine groups is 1. The van der Waals surface area contributed by atoms with Crippen LogP contribution in [-0.4, -0.2) is 43.7 Å². The molecular weight excluding hydrogens is 348 g/mol. The largest absolute Gasteiger partial charge is 0.368 e. The zero-order valence-electron chi connectivity index (χ0n) is 16.7. The Morgan fingerprint density at radius 1 is 1.32 bits per heavy atom. The van der Waals surface area contributed by atoms with Crippen molar-refractivity contribution in [1.29, 1.82) is 5.26 Å². The number of piperidine rings is 1. The van der Waals surface area contributed by atoms with Gasteiger partial charge in [0.25, 0.3) is 0 Å². The summed E-state index contributed by atoms with van der Waals surface area (Å²) in [5.41, 5.74) is 4.00. The standard InChI is InChI=1S/C22H28N6/c1-17-9-10-18(15-26-17)11-12-25-22(24-2)27-20-7-5-13-28(16-20)21-8-4-3-6-19(21)14-23/h3-4,6,8-10,15,20H,5,7,11-13,16H2,1-2H3,(H2,24,25,27). The van der Waals surface area contributed by atoms with Gasteiger partial charge >= 0.3 is 0 Å². The van der Waals surface area contributed by atoms with Gasteiger partial charge in [-0.2, -0.15) is 5.26 Å². The third-order valence-corrected chi connectivity index (χ3v) is 5.03. The van der Waals surface area contributed by atoms with E-state index in [4.69, 9.17) is 0 Å². The van der Waals surface area contributed by atoms with Crippen LogP contribution < -0.4 is 15.5 Å². The van der Waals surface area contributed by atoms with Crippen molar-refractivity contribution in [3.05, 3.63) is 59.4 Å². The highest BCUT2D eigenvalue weighted by molar-refractivity contribution is 5.80. The minimum absolute atomic E-state index is 0.299. The average Bonchev–Trinajstić information content (AvgIpc) is 2.74. The molecule has 1 saturated heterocycles. The Balaban J connectivity index is 1.53. The molecule has 0 saturated carbocycles. The fraction of sp³-hybridized carbons (Fsp3) is 0.409. The van der Waals surface area contributed by atoms with E-state index in [-0.39, 0.29) is 0 Å².